The molecule has 0 radical (unpaired) electrons. The van der Waals surface area contributed by atoms with Crippen LogP contribution in [-0.2, 0) is 0 Å². The summed E-state index contributed by atoms with van der Waals surface area (Å²) in [6.45, 7) is 2.41. The van der Waals surface area contributed by atoms with Gasteiger partial charge >= 0.3 is 0 Å². The Morgan fingerprint density at radius 3 is 2.00 bits per heavy atom. The van der Waals surface area contributed by atoms with E-state index < -0.39 is 0 Å². The first-order valence-electron chi connectivity index (χ1n) is 4.36. The normalized spacial score (nSPS) is 43.7. The van der Waals surface area contributed by atoms with Gasteiger partial charge in [0.15, 0.2) is 0 Å². The predicted molar refractivity (Wildman–Crippen MR) is 39.2 cm³/mol. The fourth-order valence-electron chi connectivity index (χ4n) is 2.25. The van der Waals surface area contributed by atoms with Gasteiger partial charge < -0.3 is 0 Å². The third kappa shape index (κ3) is 1.12. The zero-order valence-electron chi connectivity index (χ0n) is 6.27. The lowest BCUT2D eigenvalue weighted by Crippen LogP contribution is -1.95. The number of hydrogen-bond acceptors (Lipinski definition) is 0. The Morgan fingerprint density at radius 1 is 0.889 bits per heavy atom. The van der Waals surface area contributed by atoms with Gasteiger partial charge in [0.05, 0.1) is 0 Å². The molecule has 1 unspecified atom stereocenters. The molecule has 2 fully saturated rings. The van der Waals surface area contributed by atoms with Crippen LogP contribution >= 0.6 is 0 Å². The minimum atomic E-state index is 1.05. The van der Waals surface area contributed by atoms with Gasteiger partial charge in [0, 0.05) is 0 Å². The van der Waals surface area contributed by atoms with Gasteiger partial charge in [0.1, 0.15) is 0 Å². The summed E-state index contributed by atoms with van der Waals surface area (Å²) >= 11 is 0. The van der Waals surface area contributed by atoms with Crippen LogP contribution in [0.1, 0.15) is 39.0 Å². The monoisotopic (exact) mass is 124 g/mol. The van der Waals surface area contributed by atoms with Crippen molar-refractivity contribution in [3.63, 3.8) is 0 Å². The first-order chi connectivity index (χ1) is 4.36. The molecule has 0 aliphatic heterocycles. The highest BCUT2D eigenvalue weighted by molar-refractivity contribution is 4.86. The van der Waals surface area contributed by atoms with Crippen molar-refractivity contribution < 1.29 is 0 Å². The average molecular weight is 124 g/mol. The molecule has 0 N–H and O–H groups in total. The highest BCUT2D eigenvalue weighted by Crippen LogP contribution is 2.46. The van der Waals surface area contributed by atoms with Gasteiger partial charge in [-0.05, 0) is 43.4 Å². The van der Waals surface area contributed by atoms with E-state index >= 15 is 0 Å². The molecule has 0 aromatic heterocycles. The maximum atomic E-state index is 2.41. The summed E-state index contributed by atoms with van der Waals surface area (Å²) in [6, 6.07) is 0. The summed E-state index contributed by atoms with van der Waals surface area (Å²) < 4.78 is 0. The first kappa shape index (κ1) is 5.76. The third-order valence-electron chi connectivity index (χ3n) is 3.02. The van der Waals surface area contributed by atoms with Gasteiger partial charge in [-0.25, -0.2) is 0 Å². The summed E-state index contributed by atoms with van der Waals surface area (Å²) in [5.41, 5.74) is 0. The van der Waals surface area contributed by atoms with Crippen molar-refractivity contribution in [1.29, 1.82) is 0 Å². The van der Waals surface area contributed by atoms with E-state index in [1.54, 1.807) is 25.7 Å². The Morgan fingerprint density at radius 2 is 1.56 bits per heavy atom. The standard InChI is InChI=1S/C9H16/c1-7-2-3-9(6-7)8-4-5-8/h7-9H,2-6H2,1H3/t7-,9?/m0/s1. The summed E-state index contributed by atoms with van der Waals surface area (Å²) in [6.07, 6.45) is 7.71. The van der Waals surface area contributed by atoms with Crippen LogP contribution in [-0.4, -0.2) is 0 Å². The zero-order valence-corrected chi connectivity index (χ0v) is 6.27. The molecule has 0 spiro atoms. The van der Waals surface area contributed by atoms with Crippen molar-refractivity contribution in [3.8, 4) is 0 Å². The molecule has 2 saturated carbocycles. The third-order valence-corrected chi connectivity index (χ3v) is 3.02. The molecular weight excluding hydrogens is 108 g/mol. The lowest BCUT2D eigenvalue weighted by atomic mass is 10.0. The Labute approximate surface area is 57.6 Å². The summed E-state index contributed by atoms with van der Waals surface area (Å²) in [5, 5.41) is 0. The van der Waals surface area contributed by atoms with E-state index in [2.05, 4.69) is 6.92 Å². The van der Waals surface area contributed by atoms with Crippen LogP contribution in [0.4, 0.5) is 0 Å². The van der Waals surface area contributed by atoms with Crippen molar-refractivity contribution in [1.82, 2.24) is 0 Å². The van der Waals surface area contributed by atoms with E-state index in [0.29, 0.717) is 0 Å². The van der Waals surface area contributed by atoms with Crippen molar-refractivity contribution in [2.45, 2.75) is 39.0 Å². The van der Waals surface area contributed by atoms with Gasteiger partial charge in [-0.2, -0.15) is 0 Å². The van der Waals surface area contributed by atoms with Gasteiger partial charge in [-0.15, -0.1) is 0 Å². The molecule has 52 valence electrons. The second kappa shape index (κ2) is 2.00. The molecule has 0 heterocycles. The van der Waals surface area contributed by atoms with Crippen LogP contribution in [0.25, 0.3) is 0 Å². The Bertz CT molecular complexity index is 103. The minimum Gasteiger partial charge on any atom is -0.0625 e. The SMILES string of the molecule is C[C@H]1CCC(C2CC2)C1. The molecule has 0 amide bonds. The molecule has 0 aromatic carbocycles. The van der Waals surface area contributed by atoms with E-state index in [9.17, 15) is 0 Å². The summed E-state index contributed by atoms with van der Waals surface area (Å²) in [4.78, 5) is 0. The van der Waals surface area contributed by atoms with Crippen molar-refractivity contribution in [2.75, 3.05) is 0 Å². The highest BCUT2D eigenvalue weighted by atomic mass is 14.4. The molecule has 0 bridgehead atoms. The molecule has 2 rings (SSSR count). The fraction of sp³-hybridized carbons (Fsp3) is 1.00. The van der Waals surface area contributed by atoms with Crippen LogP contribution in [0.3, 0.4) is 0 Å². The van der Waals surface area contributed by atoms with E-state index in [1.807, 2.05) is 0 Å². The van der Waals surface area contributed by atoms with E-state index in [0.717, 1.165) is 11.8 Å². The van der Waals surface area contributed by atoms with Crippen molar-refractivity contribution >= 4 is 0 Å². The topological polar surface area (TPSA) is 0 Å². The Kier molecular flexibility index (Phi) is 1.28. The predicted octanol–water partition coefficient (Wildman–Crippen LogP) is 2.83. The largest absolute Gasteiger partial charge is 0.0625 e. The zero-order chi connectivity index (χ0) is 6.27. The van der Waals surface area contributed by atoms with Gasteiger partial charge in [-0.3, -0.25) is 0 Å². The fourth-order valence-corrected chi connectivity index (χ4v) is 2.25. The summed E-state index contributed by atoms with van der Waals surface area (Å²) in [7, 11) is 0. The quantitative estimate of drug-likeness (QED) is 0.504. The number of hydrogen-bond donors (Lipinski definition) is 0. The molecule has 0 nitrogen and oxygen atoms in total. The molecule has 2 aliphatic carbocycles. The first-order valence-corrected chi connectivity index (χ1v) is 4.36. The van der Waals surface area contributed by atoms with Gasteiger partial charge in [0.25, 0.3) is 0 Å². The molecule has 2 aliphatic rings. The maximum absolute atomic E-state index is 2.41. The van der Waals surface area contributed by atoms with Crippen LogP contribution in [0, 0.1) is 17.8 Å². The van der Waals surface area contributed by atoms with Crippen LogP contribution < -0.4 is 0 Å². The van der Waals surface area contributed by atoms with E-state index in [4.69, 9.17) is 0 Å². The van der Waals surface area contributed by atoms with Crippen LogP contribution in [0.5, 0.6) is 0 Å². The molecule has 0 saturated heterocycles. The van der Waals surface area contributed by atoms with Crippen LogP contribution in [0.2, 0.25) is 0 Å². The minimum absolute atomic E-state index is 1.05. The lowest BCUT2D eigenvalue weighted by molar-refractivity contribution is 0.458. The smallest absolute Gasteiger partial charge is 0.0383 e. The van der Waals surface area contributed by atoms with Gasteiger partial charge in [0.2, 0.25) is 0 Å². The average Bonchev–Trinajstić information content (AvgIpc) is 2.58. The second-order valence-corrected chi connectivity index (χ2v) is 4.02. The molecule has 2 atom stereocenters. The Balaban J connectivity index is 1.86. The Hall–Kier alpha value is 0. The second-order valence-electron chi connectivity index (χ2n) is 4.02. The highest BCUT2D eigenvalue weighted by Gasteiger charge is 2.34. The van der Waals surface area contributed by atoms with E-state index in [-0.39, 0.29) is 0 Å². The number of rotatable bonds is 1. The molecule has 9 heavy (non-hydrogen) atoms. The maximum Gasteiger partial charge on any atom is -0.0383 e. The van der Waals surface area contributed by atoms with Crippen LogP contribution in [0.15, 0.2) is 0 Å². The van der Waals surface area contributed by atoms with Crippen molar-refractivity contribution in [3.05, 3.63) is 0 Å². The van der Waals surface area contributed by atoms with Crippen molar-refractivity contribution in [2.24, 2.45) is 17.8 Å². The molecule has 0 aromatic rings. The molecular formula is C9H16. The van der Waals surface area contributed by atoms with E-state index in [1.165, 1.54) is 12.3 Å². The molecule has 0 heteroatoms. The van der Waals surface area contributed by atoms with Gasteiger partial charge in [-0.1, -0.05) is 13.3 Å². The summed E-state index contributed by atoms with van der Waals surface area (Å²) in [5.74, 6) is 3.38. The lowest BCUT2D eigenvalue weighted by Gasteiger charge is -2.04.